The first-order valence-corrected chi connectivity index (χ1v) is 10.5. The van der Waals surface area contributed by atoms with Gasteiger partial charge in [-0.05, 0) is 44.0 Å². The quantitative estimate of drug-likeness (QED) is 0.411. The van der Waals surface area contributed by atoms with E-state index in [1.54, 1.807) is 7.11 Å². The second kappa shape index (κ2) is 9.27. The highest BCUT2D eigenvalue weighted by Gasteiger charge is 2.29. The largest absolute Gasteiger partial charge is 0.507 e. The molecule has 0 aliphatic carbocycles. The molecule has 1 heterocycles. The van der Waals surface area contributed by atoms with Crippen LogP contribution in [-0.2, 0) is 17.6 Å². The Morgan fingerprint density at radius 3 is 2.55 bits per heavy atom. The molecule has 1 aliphatic heterocycles. The number of ether oxygens (including phenoxy) is 3. The molecular weight excluding hydrogens is 436 g/mol. The summed E-state index contributed by atoms with van der Waals surface area (Å²) < 4.78 is 17.4. The maximum atomic E-state index is 10.5. The van der Waals surface area contributed by atoms with Crippen LogP contribution in [0.5, 0.6) is 23.0 Å². The zero-order valence-electron chi connectivity index (χ0n) is 16.6. The lowest BCUT2D eigenvalue weighted by Crippen LogP contribution is -2.15. The van der Waals surface area contributed by atoms with Crippen molar-refractivity contribution in [2.45, 2.75) is 26.2 Å². The number of aromatic hydroxyl groups is 2. The smallest absolute Gasteiger partial charge is 0.172 e. The van der Waals surface area contributed by atoms with E-state index in [-0.39, 0.29) is 11.5 Å². The van der Waals surface area contributed by atoms with E-state index >= 15 is 0 Å². The van der Waals surface area contributed by atoms with E-state index in [1.807, 2.05) is 31.2 Å². The first-order chi connectivity index (χ1) is 13.9. The van der Waals surface area contributed by atoms with Gasteiger partial charge in [0.1, 0.15) is 28.8 Å². The summed E-state index contributed by atoms with van der Waals surface area (Å²) in [4.78, 5) is 0. The molecule has 154 valence electrons. The molecule has 0 unspecified atom stereocenters. The Balaban J connectivity index is 2.06. The average molecular weight is 461 g/mol. The van der Waals surface area contributed by atoms with Crippen LogP contribution in [0.1, 0.15) is 30.0 Å². The molecule has 6 heteroatoms. The second-order valence-corrected chi connectivity index (χ2v) is 7.75. The Bertz CT molecular complexity index is 931. The van der Waals surface area contributed by atoms with Crippen LogP contribution in [0.3, 0.4) is 0 Å². The van der Waals surface area contributed by atoms with Crippen molar-refractivity contribution < 1.29 is 24.4 Å². The van der Waals surface area contributed by atoms with Gasteiger partial charge >= 0.3 is 0 Å². The summed E-state index contributed by atoms with van der Waals surface area (Å²) in [7, 11) is 1.62. The van der Waals surface area contributed by atoms with Crippen molar-refractivity contribution in [1.29, 1.82) is 0 Å². The number of rotatable bonds is 8. The molecule has 1 aliphatic rings. The standard InChI is InChI=1S/C23H25BrO5/c1-14(2)4-9-17-19(25)13-20(26)18-12-21(28-11-10-24)22(29-23(17)18)15-5-7-16(27-3)8-6-15/h5-8,13,25-26H,1,4,9-12H2,2-3H3. The summed E-state index contributed by atoms with van der Waals surface area (Å²) >= 11 is 3.38. The van der Waals surface area contributed by atoms with Crippen molar-refractivity contribution in [3.8, 4) is 23.0 Å². The Morgan fingerprint density at radius 1 is 1.21 bits per heavy atom. The number of benzene rings is 2. The average Bonchev–Trinajstić information content (AvgIpc) is 2.71. The maximum Gasteiger partial charge on any atom is 0.172 e. The van der Waals surface area contributed by atoms with Gasteiger partial charge in [0.05, 0.1) is 13.7 Å². The molecule has 0 amide bonds. The van der Waals surface area contributed by atoms with Crippen LogP contribution in [-0.4, -0.2) is 29.3 Å². The summed E-state index contributed by atoms with van der Waals surface area (Å²) in [6.07, 6.45) is 1.65. The second-order valence-electron chi connectivity index (χ2n) is 6.96. The molecule has 0 bridgehead atoms. The van der Waals surface area contributed by atoms with Crippen LogP contribution in [0.15, 0.2) is 48.2 Å². The van der Waals surface area contributed by atoms with Crippen molar-refractivity contribution >= 4 is 21.7 Å². The Morgan fingerprint density at radius 2 is 1.93 bits per heavy atom. The van der Waals surface area contributed by atoms with Crippen molar-refractivity contribution in [1.82, 2.24) is 0 Å². The van der Waals surface area contributed by atoms with E-state index in [4.69, 9.17) is 14.2 Å². The van der Waals surface area contributed by atoms with Crippen LogP contribution in [0.25, 0.3) is 5.76 Å². The molecule has 3 rings (SSSR count). The van der Waals surface area contributed by atoms with E-state index in [0.717, 1.165) is 16.9 Å². The first kappa shape index (κ1) is 21.1. The summed E-state index contributed by atoms with van der Waals surface area (Å²) in [5, 5.41) is 21.6. The van der Waals surface area contributed by atoms with E-state index in [1.165, 1.54) is 6.07 Å². The predicted molar refractivity (Wildman–Crippen MR) is 117 cm³/mol. The third-order valence-electron chi connectivity index (χ3n) is 4.74. The number of alkyl halides is 1. The number of fused-ring (bicyclic) bond motifs is 1. The molecule has 0 aromatic heterocycles. The highest BCUT2D eigenvalue weighted by atomic mass is 79.9. The maximum absolute atomic E-state index is 10.5. The lowest BCUT2D eigenvalue weighted by atomic mass is 9.95. The number of allylic oxidation sites excluding steroid dienone is 2. The number of hydrogen-bond donors (Lipinski definition) is 2. The molecule has 0 spiro atoms. The SMILES string of the molecule is C=C(C)CCc1c(O)cc(O)c2c1OC(c1ccc(OC)cc1)=C(OCCBr)C2. The van der Waals surface area contributed by atoms with Gasteiger partial charge < -0.3 is 24.4 Å². The highest BCUT2D eigenvalue weighted by molar-refractivity contribution is 9.09. The van der Waals surface area contributed by atoms with E-state index < -0.39 is 0 Å². The minimum Gasteiger partial charge on any atom is -0.507 e. The van der Waals surface area contributed by atoms with Gasteiger partial charge in [-0.3, -0.25) is 0 Å². The predicted octanol–water partition coefficient (Wildman–Crippen LogP) is 5.33. The van der Waals surface area contributed by atoms with Gasteiger partial charge in [-0.2, -0.15) is 0 Å². The number of hydrogen-bond acceptors (Lipinski definition) is 5. The van der Waals surface area contributed by atoms with Gasteiger partial charge in [-0.15, -0.1) is 6.58 Å². The number of halogens is 1. The lowest BCUT2D eigenvalue weighted by Gasteiger charge is -2.27. The Labute approximate surface area is 179 Å². The van der Waals surface area contributed by atoms with Crippen LogP contribution >= 0.6 is 15.9 Å². The summed E-state index contributed by atoms with van der Waals surface area (Å²) in [5.41, 5.74) is 3.11. The van der Waals surface area contributed by atoms with Crippen LogP contribution in [0.2, 0.25) is 0 Å². The van der Waals surface area contributed by atoms with E-state index in [0.29, 0.717) is 59.6 Å². The molecule has 0 radical (unpaired) electrons. The minimum atomic E-state index is -0.00898. The van der Waals surface area contributed by atoms with Gasteiger partial charge in [0.25, 0.3) is 0 Å². The molecule has 29 heavy (non-hydrogen) atoms. The fraction of sp³-hybridized carbons (Fsp3) is 0.304. The molecular formula is C23H25BrO5. The molecule has 0 atom stereocenters. The van der Waals surface area contributed by atoms with Gasteiger partial charge in [-0.1, -0.05) is 21.5 Å². The van der Waals surface area contributed by atoms with E-state index in [9.17, 15) is 10.2 Å². The molecule has 0 saturated carbocycles. The number of phenols is 2. The molecule has 5 nitrogen and oxygen atoms in total. The zero-order valence-corrected chi connectivity index (χ0v) is 18.2. The fourth-order valence-corrected chi connectivity index (χ4v) is 3.39. The Kier molecular flexibility index (Phi) is 6.75. The van der Waals surface area contributed by atoms with Crippen LogP contribution in [0.4, 0.5) is 0 Å². The number of methoxy groups -OCH3 is 1. The van der Waals surface area contributed by atoms with Gasteiger partial charge in [0.15, 0.2) is 5.76 Å². The first-order valence-electron chi connectivity index (χ1n) is 9.39. The minimum absolute atomic E-state index is 0.00898. The van der Waals surface area contributed by atoms with Crippen molar-refractivity contribution in [2.75, 3.05) is 19.0 Å². The third kappa shape index (κ3) is 4.70. The third-order valence-corrected chi connectivity index (χ3v) is 5.07. The normalized spacial score (nSPS) is 12.9. The molecule has 0 saturated heterocycles. The molecule has 2 aromatic carbocycles. The zero-order chi connectivity index (χ0) is 21.0. The number of phenolic OH excluding ortho intramolecular Hbond substituents is 2. The monoisotopic (exact) mass is 460 g/mol. The van der Waals surface area contributed by atoms with Crippen molar-refractivity contribution in [3.63, 3.8) is 0 Å². The summed E-state index contributed by atoms with van der Waals surface area (Å²) in [6.45, 7) is 6.35. The van der Waals surface area contributed by atoms with Gasteiger partial charge in [0.2, 0.25) is 0 Å². The van der Waals surface area contributed by atoms with Crippen molar-refractivity contribution in [3.05, 3.63) is 64.9 Å². The summed E-state index contributed by atoms with van der Waals surface area (Å²) in [5.74, 6) is 2.44. The molecule has 2 aromatic rings. The van der Waals surface area contributed by atoms with Gasteiger partial charge in [0, 0.05) is 34.5 Å². The fourth-order valence-electron chi connectivity index (χ4n) is 3.23. The van der Waals surface area contributed by atoms with Crippen molar-refractivity contribution in [2.24, 2.45) is 0 Å². The van der Waals surface area contributed by atoms with Crippen LogP contribution in [0, 0.1) is 0 Å². The molecule has 2 N–H and O–H groups in total. The Hall–Kier alpha value is -2.60. The lowest BCUT2D eigenvalue weighted by molar-refractivity contribution is 0.214. The summed E-state index contributed by atoms with van der Waals surface area (Å²) in [6, 6.07) is 8.87. The topological polar surface area (TPSA) is 68.2 Å². The molecule has 0 fully saturated rings. The highest BCUT2D eigenvalue weighted by Crippen LogP contribution is 2.46. The van der Waals surface area contributed by atoms with Gasteiger partial charge in [-0.25, -0.2) is 0 Å². The van der Waals surface area contributed by atoms with E-state index in [2.05, 4.69) is 22.5 Å². The van der Waals surface area contributed by atoms with Crippen LogP contribution < -0.4 is 9.47 Å².